The van der Waals surface area contributed by atoms with Crippen LogP contribution in [-0.2, 0) is 0 Å². The van der Waals surface area contributed by atoms with Crippen LogP contribution in [0.3, 0.4) is 0 Å². The number of rotatable bonds is 2. The van der Waals surface area contributed by atoms with Crippen LogP contribution in [0.4, 0.5) is 5.69 Å². The third kappa shape index (κ3) is 2.81. The lowest BCUT2D eigenvalue weighted by molar-refractivity contribution is 1.26. The van der Waals surface area contributed by atoms with Gasteiger partial charge in [0.2, 0.25) is 0 Å². The van der Waals surface area contributed by atoms with Crippen LogP contribution < -0.4 is 4.67 Å². The second-order valence-corrected chi connectivity index (χ2v) is 6.51. The van der Waals surface area contributed by atoms with Crippen molar-refractivity contribution >= 4 is 39.7 Å². The minimum absolute atomic E-state index is 0.728. The lowest BCUT2D eigenvalue weighted by Gasteiger charge is -2.03. The first-order valence-corrected chi connectivity index (χ1v) is 8.43. The van der Waals surface area contributed by atoms with E-state index < -0.39 is 0 Å². The highest BCUT2D eigenvalue weighted by Gasteiger charge is 2.08. The van der Waals surface area contributed by atoms with Crippen LogP contribution >= 0.6 is 23.1 Å². The smallest absolute Gasteiger partial charge is 0.143 e. The second kappa shape index (κ2) is 6.03. The first-order valence-electron chi connectivity index (χ1n) is 7.28. The molecule has 2 nitrogen and oxygen atoms in total. The number of benzene rings is 3. The Bertz CT molecular complexity index is 1020. The van der Waals surface area contributed by atoms with Gasteiger partial charge in [0.15, 0.2) is 0 Å². The van der Waals surface area contributed by atoms with Crippen molar-refractivity contribution in [2.45, 2.75) is 0 Å². The molecule has 23 heavy (non-hydrogen) atoms. The van der Waals surface area contributed by atoms with Crippen LogP contribution in [0.15, 0.2) is 83.9 Å². The monoisotopic (exact) mass is 336 g/mol. The highest BCUT2D eigenvalue weighted by Crippen LogP contribution is 2.24. The van der Waals surface area contributed by atoms with Crippen molar-refractivity contribution in [1.29, 1.82) is 0 Å². The summed E-state index contributed by atoms with van der Waals surface area (Å²) in [7, 11) is 0. The largest absolute Gasteiger partial charge is 0.264 e. The van der Waals surface area contributed by atoms with E-state index in [1.54, 1.807) is 11.5 Å². The van der Waals surface area contributed by atoms with Gasteiger partial charge in [-0.3, -0.25) is 3.96 Å². The van der Waals surface area contributed by atoms with Gasteiger partial charge >= 0.3 is 0 Å². The summed E-state index contributed by atoms with van der Waals surface area (Å²) in [4.78, 5) is 4.80. The molecule has 0 aliphatic carbocycles. The molecule has 0 spiro atoms. The fourth-order valence-corrected chi connectivity index (χ4v) is 3.73. The molecule has 3 aromatic carbocycles. The zero-order valence-electron chi connectivity index (χ0n) is 12.2. The highest BCUT2D eigenvalue weighted by molar-refractivity contribution is 7.05. The number of hydrogen-bond donors (Lipinski definition) is 0. The van der Waals surface area contributed by atoms with Crippen molar-refractivity contribution in [1.82, 2.24) is 3.96 Å². The Morgan fingerprint density at radius 1 is 0.826 bits per heavy atom. The second-order valence-electron chi connectivity index (χ2n) is 5.14. The third-order valence-electron chi connectivity index (χ3n) is 3.56. The van der Waals surface area contributed by atoms with Crippen molar-refractivity contribution < 1.29 is 0 Å². The van der Waals surface area contributed by atoms with Gasteiger partial charge in [-0.05, 0) is 54.0 Å². The minimum atomic E-state index is 0.728. The third-order valence-corrected chi connectivity index (χ3v) is 4.87. The number of aromatic nitrogens is 1. The number of hydrogen-bond acceptors (Lipinski definition) is 2. The summed E-state index contributed by atoms with van der Waals surface area (Å²) < 4.78 is 3.15. The summed E-state index contributed by atoms with van der Waals surface area (Å²) in [6, 6.07) is 26.2. The van der Waals surface area contributed by atoms with Crippen LogP contribution in [0.5, 0.6) is 0 Å². The summed E-state index contributed by atoms with van der Waals surface area (Å²) in [5, 5.41) is 1.83. The van der Waals surface area contributed by atoms with E-state index in [1.807, 2.05) is 66.7 Å². The Kier molecular flexibility index (Phi) is 3.74. The normalized spacial score (nSPS) is 12.0. The molecule has 0 atom stereocenters. The van der Waals surface area contributed by atoms with E-state index in [2.05, 4.69) is 16.1 Å². The summed E-state index contributed by atoms with van der Waals surface area (Å²) in [5.74, 6) is 0. The fourth-order valence-electron chi connectivity index (χ4n) is 2.49. The molecule has 112 valence electrons. The maximum absolute atomic E-state index is 6.21. The number of nitrogens with zero attached hydrogens (tertiary/aromatic N) is 2. The van der Waals surface area contributed by atoms with Crippen molar-refractivity contribution in [3.63, 3.8) is 0 Å². The predicted octanol–water partition coefficient (Wildman–Crippen LogP) is 5.58. The van der Waals surface area contributed by atoms with Crippen molar-refractivity contribution in [3.05, 3.63) is 88.6 Å². The Morgan fingerprint density at radius 3 is 2.26 bits per heavy atom. The Labute approximate surface area is 143 Å². The number of halogens is 1. The molecule has 4 rings (SSSR count). The lowest BCUT2D eigenvalue weighted by Crippen LogP contribution is -1.91. The Hall–Kier alpha value is -2.36. The summed E-state index contributed by atoms with van der Waals surface area (Å²) >= 11 is 7.83. The molecular formula is C19H13ClN2S. The zero-order valence-corrected chi connectivity index (χ0v) is 13.8. The summed E-state index contributed by atoms with van der Waals surface area (Å²) in [6.45, 7) is 0. The molecule has 0 radical (unpaired) electrons. The van der Waals surface area contributed by atoms with Gasteiger partial charge in [-0.1, -0.05) is 48.0 Å². The van der Waals surface area contributed by atoms with Gasteiger partial charge in [0.1, 0.15) is 4.67 Å². The first-order chi connectivity index (χ1) is 11.3. The van der Waals surface area contributed by atoms with Gasteiger partial charge in [-0.25, -0.2) is 4.99 Å². The standard InChI is InChI=1S/C19H13ClN2S/c20-14-11-12-17-18(13-14)22(16-9-5-2-6-10-16)23-19(17)21-15-7-3-1-4-8-15/h1-13H. The van der Waals surface area contributed by atoms with E-state index in [0.29, 0.717) is 0 Å². The van der Waals surface area contributed by atoms with Gasteiger partial charge in [0.05, 0.1) is 16.9 Å². The van der Waals surface area contributed by atoms with Crippen LogP contribution in [0, 0.1) is 0 Å². The predicted molar refractivity (Wildman–Crippen MR) is 97.8 cm³/mol. The molecule has 0 fully saturated rings. The maximum atomic E-state index is 6.21. The molecule has 1 aromatic heterocycles. The lowest BCUT2D eigenvalue weighted by atomic mass is 10.2. The van der Waals surface area contributed by atoms with E-state index in [4.69, 9.17) is 16.6 Å². The molecule has 0 N–H and O–H groups in total. The molecular weight excluding hydrogens is 324 g/mol. The van der Waals surface area contributed by atoms with Crippen molar-refractivity contribution in [3.8, 4) is 5.69 Å². The average Bonchev–Trinajstić information content (AvgIpc) is 2.94. The molecule has 0 saturated heterocycles. The molecule has 1 heterocycles. The molecule has 0 aliphatic rings. The quantitative estimate of drug-likeness (QED) is 0.455. The van der Waals surface area contributed by atoms with E-state index in [9.17, 15) is 0 Å². The van der Waals surface area contributed by atoms with E-state index >= 15 is 0 Å². The van der Waals surface area contributed by atoms with Gasteiger partial charge in [-0.15, -0.1) is 0 Å². The SMILES string of the molecule is Clc1ccc2c(=Nc3ccccc3)sn(-c3ccccc3)c2c1. The topological polar surface area (TPSA) is 17.3 Å². The maximum Gasteiger partial charge on any atom is 0.143 e. The first kappa shape index (κ1) is 14.2. The Balaban J connectivity index is 2.02. The van der Waals surface area contributed by atoms with Crippen LogP contribution in [-0.4, -0.2) is 3.96 Å². The van der Waals surface area contributed by atoms with E-state index in [1.165, 1.54) is 0 Å². The van der Waals surface area contributed by atoms with Gasteiger partial charge in [0, 0.05) is 10.4 Å². The Morgan fingerprint density at radius 2 is 1.52 bits per heavy atom. The molecule has 0 saturated carbocycles. The van der Waals surface area contributed by atoms with Crippen molar-refractivity contribution in [2.24, 2.45) is 4.99 Å². The summed E-state index contributed by atoms with van der Waals surface area (Å²) in [6.07, 6.45) is 0. The molecule has 0 amide bonds. The minimum Gasteiger partial charge on any atom is -0.264 e. The van der Waals surface area contributed by atoms with Gasteiger partial charge in [0.25, 0.3) is 0 Å². The molecule has 4 aromatic rings. The van der Waals surface area contributed by atoms with E-state index in [0.717, 1.165) is 32.0 Å². The van der Waals surface area contributed by atoms with E-state index in [-0.39, 0.29) is 0 Å². The van der Waals surface area contributed by atoms with Crippen molar-refractivity contribution in [2.75, 3.05) is 0 Å². The zero-order chi connectivity index (χ0) is 15.6. The summed E-state index contributed by atoms with van der Waals surface area (Å²) in [5.41, 5.74) is 3.13. The van der Waals surface area contributed by atoms with Gasteiger partial charge in [-0.2, -0.15) is 0 Å². The molecule has 0 aliphatic heterocycles. The molecule has 0 bridgehead atoms. The number of para-hydroxylation sites is 2. The number of fused-ring (bicyclic) bond motifs is 1. The van der Waals surface area contributed by atoms with Gasteiger partial charge < -0.3 is 0 Å². The van der Waals surface area contributed by atoms with Crippen LogP contribution in [0.2, 0.25) is 5.02 Å². The van der Waals surface area contributed by atoms with Crippen LogP contribution in [0.1, 0.15) is 0 Å². The highest BCUT2D eigenvalue weighted by atomic mass is 35.5. The fraction of sp³-hybridized carbons (Fsp3) is 0. The van der Waals surface area contributed by atoms with Crippen LogP contribution in [0.25, 0.3) is 16.6 Å². The molecule has 0 unspecified atom stereocenters. The molecule has 4 heteroatoms. The average molecular weight is 337 g/mol.